The fourth-order valence-electron chi connectivity index (χ4n) is 2.62. The quantitative estimate of drug-likeness (QED) is 0.762. The van der Waals surface area contributed by atoms with Gasteiger partial charge < -0.3 is 16.5 Å². The Morgan fingerprint density at radius 3 is 3.05 bits per heavy atom. The van der Waals surface area contributed by atoms with E-state index in [0.717, 1.165) is 35.1 Å². The smallest absolute Gasteiger partial charge is 0.268 e. The summed E-state index contributed by atoms with van der Waals surface area (Å²) in [7, 11) is 0. The van der Waals surface area contributed by atoms with Crippen molar-refractivity contribution in [3.05, 3.63) is 23.1 Å². The third-order valence-electron chi connectivity index (χ3n) is 3.81. The molecule has 2 aromatic rings. The Kier molecular flexibility index (Phi) is 4.39. The average molecular weight is 320 g/mol. The number of hydrogen-bond acceptors (Lipinski definition) is 6. The maximum Gasteiger partial charge on any atom is 0.268 e. The Morgan fingerprint density at radius 2 is 2.32 bits per heavy atom. The summed E-state index contributed by atoms with van der Waals surface area (Å²) < 4.78 is 0. The van der Waals surface area contributed by atoms with Gasteiger partial charge in [-0.05, 0) is 38.8 Å². The normalized spacial score (nSPS) is 15.9. The number of hydrogen-bond donors (Lipinski definition) is 3. The molecule has 8 heteroatoms. The van der Waals surface area contributed by atoms with Crippen LogP contribution in [0.5, 0.6) is 0 Å². The van der Waals surface area contributed by atoms with Gasteiger partial charge in [-0.1, -0.05) is 0 Å². The number of aryl methyl sites for hydroxylation is 1. The lowest BCUT2D eigenvalue weighted by Gasteiger charge is -2.22. The van der Waals surface area contributed by atoms with Crippen molar-refractivity contribution in [2.45, 2.75) is 19.8 Å². The van der Waals surface area contributed by atoms with Gasteiger partial charge >= 0.3 is 0 Å². The highest BCUT2D eigenvalue weighted by Crippen LogP contribution is 2.29. The lowest BCUT2D eigenvalue weighted by molar-refractivity contribution is 0.0996. The molecule has 118 valence electrons. The van der Waals surface area contributed by atoms with E-state index in [1.165, 1.54) is 24.2 Å². The van der Waals surface area contributed by atoms with Crippen molar-refractivity contribution in [1.82, 2.24) is 20.2 Å². The van der Waals surface area contributed by atoms with E-state index in [1.54, 1.807) is 11.0 Å². The van der Waals surface area contributed by atoms with Gasteiger partial charge in [-0.2, -0.15) is 9.89 Å². The zero-order valence-electron chi connectivity index (χ0n) is 12.5. The highest BCUT2D eigenvalue weighted by atomic mass is 32.1. The number of nitrogens with one attached hydrogen (secondary N) is 2. The Labute approximate surface area is 132 Å². The molecule has 0 aliphatic carbocycles. The maximum atomic E-state index is 11.5. The van der Waals surface area contributed by atoms with E-state index >= 15 is 0 Å². The number of thiazole rings is 1. The predicted molar refractivity (Wildman–Crippen MR) is 86.4 cm³/mol. The van der Waals surface area contributed by atoms with Gasteiger partial charge in [-0.25, -0.2) is 4.98 Å². The molecule has 1 aliphatic heterocycles. The summed E-state index contributed by atoms with van der Waals surface area (Å²) in [6, 6.07) is 0. The van der Waals surface area contributed by atoms with Crippen LogP contribution in [-0.2, 0) is 0 Å². The minimum Gasteiger partial charge on any atom is -0.364 e. The molecule has 1 saturated heterocycles. The molecule has 0 bridgehead atoms. The third-order valence-corrected chi connectivity index (χ3v) is 4.83. The van der Waals surface area contributed by atoms with Gasteiger partial charge in [0.2, 0.25) is 0 Å². The van der Waals surface area contributed by atoms with Crippen LogP contribution in [0.15, 0.2) is 12.4 Å². The van der Waals surface area contributed by atoms with Gasteiger partial charge in [-0.3, -0.25) is 4.79 Å². The van der Waals surface area contributed by atoms with Crippen LogP contribution < -0.4 is 16.5 Å². The molecule has 4 N–H and O–H groups in total. The molecule has 0 spiro atoms. The monoisotopic (exact) mass is 320 g/mol. The number of nitrogens with two attached hydrogens (primary N) is 1. The number of amides is 1. The first-order valence-electron chi connectivity index (χ1n) is 7.40. The maximum absolute atomic E-state index is 11.5. The van der Waals surface area contributed by atoms with Gasteiger partial charge in [-0.15, -0.1) is 11.3 Å². The zero-order chi connectivity index (χ0) is 15.5. The molecule has 1 fully saturated rings. The Morgan fingerprint density at radius 1 is 1.55 bits per heavy atom. The van der Waals surface area contributed by atoms with Crippen LogP contribution in [0.3, 0.4) is 0 Å². The van der Waals surface area contributed by atoms with Crippen molar-refractivity contribution < 1.29 is 4.79 Å². The highest BCUT2D eigenvalue weighted by Gasteiger charge is 2.17. The van der Waals surface area contributed by atoms with Gasteiger partial charge in [0.25, 0.3) is 5.91 Å². The molecule has 7 nitrogen and oxygen atoms in total. The molecule has 0 aromatic carbocycles. The second-order valence-electron chi connectivity index (χ2n) is 5.50. The van der Waals surface area contributed by atoms with Crippen molar-refractivity contribution in [2.75, 3.05) is 25.1 Å². The predicted octanol–water partition coefficient (Wildman–Crippen LogP) is 0.957. The summed E-state index contributed by atoms with van der Waals surface area (Å²) in [4.78, 5) is 18.1. The number of piperidine rings is 1. The molecule has 0 radical (unpaired) electrons. The highest BCUT2D eigenvalue weighted by molar-refractivity contribution is 7.15. The Balaban J connectivity index is 1.69. The SMILES string of the molecule is Cc1nc(C(N)=O)c(-c2cnn(NCC3CCNCC3)c2)s1. The number of nitrogens with zero attached hydrogens (tertiary/aromatic N) is 3. The molecule has 3 rings (SSSR count). The second kappa shape index (κ2) is 6.45. The molecule has 0 unspecified atom stereocenters. The molecule has 0 atom stereocenters. The molecule has 3 heterocycles. The summed E-state index contributed by atoms with van der Waals surface area (Å²) in [5.41, 5.74) is 9.87. The van der Waals surface area contributed by atoms with Crippen molar-refractivity contribution in [1.29, 1.82) is 0 Å². The number of carbonyl (C=O) groups is 1. The van der Waals surface area contributed by atoms with Gasteiger partial charge in [0.1, 0.15) is 5.69 Å². The van der Waals surface area contributed by atoms with Crippen molar-refractivity contribution in [2.24, 2.45) is 11.7 Å². The Hall–Kier alpha value is -1.93. The van der Waals surface area contributed by atoms with Crippen molar-refractivity contribution in [3.63, 3.8) is 0 Å². The molecular weight excluding hydrogens is 300 g/mol. The number of primary amides is 1. The fraction of sp³-hybridized carbons (Fsp3) is 0.500. The van der Waals surface area contributed by atoms with Gasteiger partial charge in [0.05, 0.1) is 22.3 Å². The standard InChI is InChI=1S/C14H20N6OS/c1-9-19-12(14(15)21)13(22-9)11-7-18-20(8-11)17-6-10-2-4-16-5-3-10/h7-8,10,16-17H,2-6H2,1H3,(H2,15,21). The van der Waals surface area contributed by atoms with Crippen LogP contribution in [0.4, 0.5) is 0 Å². The first kappa shape index (κ1) is 15.0. The minimum absolute atomic E-state index is 0.320. The van der Waals surface area contributed by atoms with Crippen LogP contribution >= 0.6 is 11.3 Å². The van der Waals surface area contributed by atoms with Crippen LogP contribution in [0.2, 0.25) is 0 Å². The van der Waals surface area contributed by atoms with Crippen molar-refractivity contribution in [3.8, 4) is 10.4 Å². The lowest BCUT2D eigenvalue weighted by Crippen LogP contribution is -2.33. The summed E-state index contributed by atoms with van der Waals surface area (Å²) in [6.07, 6.45) is 5.97. The van der Waals surface area contributed by atoms with E-state index in [2.05, 4.69) is 20.8 Å². The summed E-state index contributed by atoms with van der Waals surface area (Å²) >= 11 is 1.45. The van der Waals surface area contributed by atoms with Crippen LogP contribution in [0.1, 0.15) is 28.3 Å². The lowest BCUT2D eigenvalue weighted by atomic mass is 9.99. The average Bonchev–Trinajstić information content (AvgIpc) is 3.12. The number of aromatic nitrogens is 3. The third kappa shape index (κ3) is 3.28. The minimum atomic E-state index is -0.505. The van der Waals surface area contributed by atoms with Crippen LogP contribution in [-0.4, -0.2) is 40.4 Å². The topological polar surface area (TPSA) is 97.9 Å². The summed E-state index contributed by atoms with van der Waals surface area (Å²) in [5.74, 6) is 0.162. The number of carbonyl (C=O) groups excluding carboxylic acids is 1. The van der Waals surface area contributed by atoms with Crippen molar-refractivity contribution >= 4 is 17.2 Å². The molecule has 22 heavy (non-hydrogen) atoms. The zero-order valence-corrected chi connectivity index (χ0v) is 13.3. The molecule has 0 saturated carbocycles. The fourth-order valence-corrected chi connectivity index (χ4v) is 3.52. The van der Waals surface area contributed by atoms with E-state index in [4.69, 9.17) is 5.73 Å². The summed E-state index contributed by atoms with van der Waals surface area (Å²) in [6.45, 7) is 4.92. The van der Waals surface area contributed by atoms with Crippen LogP contribution in [0, 0.1) is 12.8 Å². The van der Waals surface area contributed by atoms with E-state index in [9.17, 15) is 4.79 Å². The molecule has 2 aromatic heterocycles. The van der Waals surface area contributed by atoms with Gasteiger partial charge in [0, 0.05) is 12.1 Å². The Bertz CT molecular complexity index is 658. The molecule has 1 aliphatic rings. The molecule has 1 amide bonds. The first-order chi connectivity index (χ1) is 10.6. The van der Waals surface area contributed by atoms with E-state index in [-0.39, 0.29) is 0 Å². The molecular formula is C14H20N6OS. The van der Waals surface area contributed by atoms with E-state index in [0.29, 0.717) is 11.6 Å². The van der Waals surface area contributed by atoms with E-state index < -0.39 is 5.91 Å². The van der Waals surface area contributed by atoms with Gasteiger partial charge in [0.15, 0.2) is 0 Å². The second-order valence-corrected chi connectivity index (χ2v) is 6.71. The number of rotatable bonds is 5. The van der Waals surface area contributed by atoms with Crippen LogP contribution in [0.25, 0.3) is 10.4 Å². The summed E-state index contributed by atoms with van der Waals surface area (Å²) in [5, 5.41) is 8.48. The van der Waals surface area contributed by atoms with E-state index in [1.807, 2.05) is 13.1 Å². The first-order valence-corrected chi connectivity index (χ1v) is 8.22. The largest absolute Gasteiger partial charge is 0.364 e.